The second-order valence-electron chi connectivity index (χ2n) is 11.0. The maximum atomic E-state index is 13.7. The number of aromatic nitrogens is 2. The first-order chi connectivity index (χ1) is 21.2. The van der Waals surface area contributed by atoms with Crippen LogP contribution in [0.1, 0.15) is 49.9 Å². The lowest BCUT2D eigenvalue weighted by Gasteiger charge is -2.25. The summed E-state index contributed by atoms with van der Waals surface area (Å²) in [5, 5.41) is 12.4. The number of benzene rings is 2. The quantitative estimate of drug-likeness (QED) is 0.102. The van der Waals surface area contributed by atoms with E-state index in [1.807, 2.05) is 74.5 Å². The van der Waals surface area contributed by atoms with Gasteiger partial charge in [0.15, 0.2) is 0 Å². The molecule has 3 rings (SSSR count). The third-order valence-electron chi connectivity index (χ3n) is 6.74. The van der Waals surface area contributed by atoms with E-state index in [-0.39, 0.29) is 31.1 Å². The molecule has 0 unspecified atom stereocenters. The number of aromatic amines is 1. The van der Waals surface area contributed by atoms with E-state index in [2.05, 4.69) is 36.4 Å². The van der Waals surface area contributed by atoms with Crippen LogP contribution in [-0.2, 0) is 33.6 Å². The summed E-state index contributed by atoms with van der Waals surface area (Å²) in [6, 6.07) is 16.0. The molecule has 0 bridgehead atoms. The molecule has 0 saturated heterocycles. The molecule has 1 aromatic heterocycles. The fourth-order valence-corrected chi connectivity index (χ4v) is 4.66. The lowest BCUT2D eigenvalue weighted by atomic mass is 10.0. The van der Waals surface area contributed by atoms with E-state index in [0.29, 0.717) is 18.5 Å². The number of hydrazone groups is 1. The summed E-state index contributed by atoms with van der Waals surface area (Å²) in [5.74, 6) is -1.01. The van der Waals surface area contributed by atoms with Crippen molar-refractivity contribution in [1.82, 2.24) is 31.3 Å². The monoisotopic (exact) mass is 602 g/mol. The van der Waals surface area contributed by atoms with E-state index < -0.39 is 36.0 Å². The number of H-pyrrole nitrogens is 1. The van der Waals surface area contributed by atoms with Crippen LogP contribution < -0.4 is 27.1 Å². The molecule has 44 heavy (non-hydrogen) atoms. The van der Waals surface area contributed by atoms with E-state index in [1.54, 1.807) is 6.20 Å². The van der Waals surface area contributed by atoms with Crippen molar-refractivity contribution < 1.29 is 19.2 Å². The summed E-state index contributed by atoms with van der Waals surface area (Å²) in [4.78, 5) is 58.3. The Morgan fingerprint density at radius 3 is 2.14 bits per heavy atom. The molecule has 0 spiro atoms. The van der Waals surface area contributed by atoms with Gasteiger partial charge in [0.2, 0.25) is 17.7 Å². The average molecular weight is 603 g/mol. The molecule has 3 aromatic rings. The van der Waals surface area contributed by atoms with Gasteiger partial charge < -0.3 is 26.7 Å². The maximum absolute atomic E-state index is 13.7. The van der Waals surface area contributed by atoms with Crippen molar-refractivity contribution in [3.8, 4) is 0 Å². The van der Waals surface area contributed by atoms with Gasteiger partial charge in [-0.2, -0.15) is 5.10 Å². The lowest BCUT2D eigenvalue weighted by Crippen LogP contribution is -2.56. The van der Waals surface area contributed by atoms with Gasteiger partial charge in [-0.15, -0.1) is 0 Å². The highest BCUT2D eigenvalue weighted by molar-refractivity contribution is 5.93. The molecule has 1 heterocycles. The number of rotatable bonds is 17. The van der Waals surface area contributed by atoms with Crippen LogP contribution in [0.25, 0.3) is 0 Å². The van der Waals surface area contributed by atoms with Gasteiger partial charge in [0.05, 0.1) is 12.4 Å². The number of nitrogens with one attached hydrogen (secondary N) is 5. The van der Waals surface area contributed by atoms with Crippen molar-refractivity contribution in [2.45, 2.75) is 70.5 Å². The van der Waals surface area contributed by atoms with Crippen LogP contribution >= 0.6 is 0 Å². The number of nitrogens with zero attached hydrogens (tertiary/aromatic N) is 2. The number of hydrogen-bond donors (Lipinski definition) is 6. The summed E-state index contributed by atoms with van der Waals surface area (Å²) in [6.07, 6.45) is 6.98. The third kappa shape index (κ3) is 12.5. The van der Waals surface area contributed by atoms with Gasteiger partial charge in [0.1, 0.15) is 12.1 Å². The summed E-state index contributed by atoms with van der Waals surface area (Å²) in [7, 11) is 0. The van der Waals surface area contributed by atoms with E-state index in [1.165, 1.54) is 12.5 Å². The molecule has 0 fully saturated rings. The second-order valence-corrected chi connectivity index (χ2v) is 11.0. The van der Waals surface area contributed by atoms with E-state index in [0.717, 1.165) is 17.5 Å². The van der Waals surface area contributed by atoms with Gasteiger partial charge in [-0.05, 0) is 36.3 Å². The maximum Gasteiger partial charge on any atom is 0.332 e. The zero-order valence-corrected chi connectivity index (χ0v) is 25.2. The Bertz CT molecular complexity index is 1350. The van der Waals surface area contributed by atoms with E-state index >= 15 is 0 Å². The van der Waals surface area contributed by atoms with Crippen LogP contribution in [0.2, 0.25) is 0 Å². The van der Waals surface area contributed by atoms with Crippen molar-refractivity contribution in [1.29, 1.82) is 0 Å². The largest absolute Gasteiger partial charge is 0.350 e. The number of imidazole rings is 1. The van der Waals surface area contributed by atoms with E-state index in [9.17, 15) is 19.2 Å². The molecular weight excluding hydrogens is 560 g/mol. The Hall–Kier alpha value is -5.00. The molecule has 0 aliphatic carbocycles. The number of amides is 5. The Morgan fingerprint density at radius 2 is 1.52 bits per heavy atom. The molecule has 12 heteroatoms. The Kier molecular flexibility index (Phi) is 13.6. The minimum atomic E-state index is -0.997. The van der Waals surface area contributed by atoms with Gasteiger partial charge in [0, 0.05) is 37.4 Å². The van der Waals surface area contributed by atoms with Gasteiger partial charge >= 0.3 is 6.03 Å². The SMILES string of the molecule is CC(C)C[C@@H](C=NNC(N)=O)NC(=O)[C@H](Cc1cnc[nH]1)NC(=O)[C@H](Cc1ccccc1)NC(=O)CCCc1ccccc1. The highest BCUT2D eigenvalue weighted by Crippen LogP contribution is 2.09. The Morgan fingerprint density at radius 1 is 0.886 bits per heavy atom. The Labute approximate surface area is 257 Å². The van der Waals surface area contributed by atoms with Gasteiger partial charge in [-0.1, -0.05) is 74.5 Å². The zero-order chi connectivity index (χ0) is 31.7. The fraction of sp³-hybridized carbons (Fsp3) is 0.375. The first-order valence-corrected chi connectivity index (χ1v) is 14.7. The van der Waals surface area contributed by atoms with Gasteiger partial charge in [0.25, 0.3) is 0 Å². The van der Waals surface area contributed by atoms with Crippen LogP contribution in [0.4, 0.5) is 4.79 Å². The second kappa shape index (κ2) is 17.8. The van der Waals surface area contributed by atoms with Crippen LogP contribution in [-0.4, -0.2) is 58.1 Å². The van der Waals surface area contributed by atoms with Gasteiger partial charge in [-0.3, -0.25) is 14.4 Å². The molecule has 234 valence electrons. The number of carbonyl (C=O) groups excluding carboxylic acids is 4. The molecule has 0 aliphatic heterocycles. The standard InChI is InChI=1S/C32H42N8O4/c1-22(2)16-26(20-36-40-32(33)44)37-30(42)28(18-25-19-34-21-35-25)39-31(43)27(17-24-12-7-4-8-13-24)38-29(41)15-9-14-23-10-5-3-6-11-23/h3-8,10-13,19-22,26-28H,9,14-18H2,1-2H3,(H,34,35)(H,37,42)(H,38,41)(H,39,43)(H3,33,40,44)/t26-,27-,28-/m0/s1. The molecule has 3 atom stereocenters. The predicted molar refractivity (Wildman–Crippen MR) is 168 cm³/mol. The molecule has 0 saturated carbocycles. The van der Waals surface area contributed by atoms with Crippen LogP contribution in [0.3, 0.4) is 0 Å². The lowest BCUT2D eigenvalue weighted by molar-refractivity contribution is -0.132. The fourth-order valence-electron chi connectivity index (χ4n) is 4.66. The number of hydrogen-bond acceptors (Lipinski definition) is 6. The normalized spacial score (nSPS) is 13.2. The van der Waals surface area contributed by atoms with Crippen molar-refractivity contribution >= 4 is 30.0 Å². The van der Waals surface area contributed by atoms with Crippen molar-refractivity contribution in [2.24, 2.45) is 16.8 Å². The van der Waals surface area contributed by atoms with Crippen LogP contribution in [0, 0.1) is 5.92 Å². The highest BCUT2D eigenvalue weighted by atomic mass is 16.2. The number of aryl methyl sites for hydroxylation is 1. The highest BCUT2D eigenvalue weighted by Gasteiger charge is 2.29. The minimum Gasteiger partial charge on any atom is -0.350 e. The predicted octanol–water partition coefficient (Wildman–Crippen LogP) is 2.37. The Balaban J connectivity index is 1.74. The van der Waals surface area contributed by atoms with Crippen LogP contribution in [0.5, 0.6) is 0 Å². The molecule has 7 N–H and O–H groups in total. The summed E-state index contributed by atoms with van der Waals surface area (Å²) in [5.41, 5.74) is 9.87. The summed E-state index contributed by atoms with van der Waals surface area (Å²) >= 11 is 0. The third-order valence-corrected chi connectivity index (χ3v) is 6.74. The number of urea groups is 1. The first-order valence-electron chi connectivity index (χ1n) is 14.7. The average Bonchev–Trinajstić information content (AvgIpc) is 3.50. The summed E-state index contributed by atoms with van der Waals surface area (Å²) < 4.78 is 0. The van der Waals surface area contributed by atoms with E-state index in [4.69, 9.17) is 5.73 Å². The summed E-state index contributed by atoms with van der Waals surface area (Å²) in [6.45, 7) is 3.96. The first kappa shape index (κ1) is 33.5. The van der Waals surface area contributed by atoms with Gasteiger partial charge in [-0.25, -0.2) is 15.2 Å². The number of carbonyl (C=O) groups is 4. The van der Waals surface area contributed by atoms with Crippen molar-refractivity contribution in [2.75, 3.05) is 0 Å². The topological polar surface area (TPSA) is 183 Å². The van der Waals surface area contributed by atoms with Crippen molar-refractivity contribution in [3.05, 3.63) is 90.0 Å². The van der Waals surface area contributed by atoms with Crippen molar-refractivity contribution in [3.63, 3.8) is 0 Å². The van der Waals surface area contributed by atoms with Crippen LogP contribution in [0.15, 0.2) is 78.3 Å². The minimum absolute atomic E-state index is 0.131. The molecule has 0 radical (unpaired) electrons. The molecule has 2 aromatic carbocycles. The molecule has 12 nitrogen and oxygen atoms in total. The number of primary amides is 1. The smallest absolute Gasteiger partial charge is 0.332 e. The zero-order valence-electron chi connectivity index (χ0n) is 25.2. The molecule has 0 aliphatic rings. The molecular formula is C32H42N8O4. The number of nitrogens with two attached hydrogens (primary N) is 1. The molecule has 5 amide bonds.